The van der Waals surface area contributed by atoms with Gasteiger partial charge in [-0.05, 0) is 54.6 Å². The molecule has 0 amide bonds. The summed E-state index contributed by atoms with van der Waals surface area (Å²) >= 11 is 0. The highest BCUT2D eigenvalue weighted by Crippen LogP contribution is 2.23. The van der Waals surface area contributed by atoms with Crippen LogP contribution in [0.25, 0.3) is 21.5 Å². The summed E-state index contributed by atoms with van der Waals surface area (Å²) in [6.07, 6.45) is 0. The lowest BCUT2D eigenvalue weighted by Crippen LogP contribution is -1.87. The third kappa shape index (κ3) is 1.21. The molecule has 0 saturated carbocycles. The molecule has 0 nitrogen and oxygen atoms in total. The second kappa shape index (κ2) is 3.49. The summed E-state index contributed by atoms with van der Waals surface area (Å²) < 4.78 is 0. The monoisotopic (exact) mass is 252 g/mol. The fourth-order valence-electron chi connectivity index (χ4n) is 3.39. The van der Waals surface area contributed by atoms with Crippen LogP contribution in [0.3, 0.4) is 0 Å². The van der Waals surface area contributed by atoms with Gasteiger partial charge in [-0.25, -0.2) is 0 Å². The Kier molecular flexibility index (Phi) is 1.78. The molecule has 0 radical (unpaired) electrons. The van der Waals surface area contributed by atoms with Gasteiger partial charge in [0, 0.05) is 0 Å². The predicted molar refractivity (Wildman–Crippen MR) is 83.2 cm³/mol. The molecule has 0 spiro atoms. The van der Waals surface area contributed by atoms with Gasteiger partial charge in [-0.3, -0.25) is 0 Å². The minimum Gasteiger partial charge on any atom is -0.0616 e. The highest BCUT2D eigenvalue weighted by Gasteiger charge is 2.02. The van der Waals surface area contributed by atoms with E-state index in [1.54, 1.807) is 0 Å². The fourth-order valence-corrected chi connectivity index (χ4v) is 3.39. The smallest absolute Gasteiger partial charge is 0.00266 e. The van der Waals surface area contributed by atoms with E-state index in [4.69, 9.17) is 0 Å². The number of benzene rings is 4. The van der Waals surface area contributed by atoms with Gasteiger partial charge >= 0.3 is 0 Å². The molecule has 0 heterocycles. The maximum Gasteiger partial charge on any atom is -0.00266 e. The maximum atomic E-state index is 2.31. The van der Waals surface area contributed by atoms with E-state index in [0.29, 0.717) is 0 Å². The van der Waals surface area contributed by atoms with Crippen molar-refractivity contribution < 1.29 is 0 Å². The van der Waals surface area contributed by atoms with Crippen molar-refractivity contribution >= 4 is 21.5 Å². The molecule has 6 rings (SSSR count). The molecule has 0 unspecified atom stereocenters. The Morgan fingerprint density at radius 1 is 0.500 bits per heavy atom. The first-order valence-electron chi connectivity index (χ1n) is 6.96. The van der Waals surface area contributed by atoms with Crippen molar-refractivity contribution in [2.45, 2.75) is 0 Å². The Morgan fingerprint density at radius 2 is 1.20 bits per heavy atom. The van der Waals surface area contributed by atoms with Crippen LogP contribution in [0, 0.1) is 20.9 Å². The van der Waals surface area contributed by atoms with Crippen LogP contribution in [-0.4, -0.2) is 0 Å². The Labute approximate surface area is 115 Å². The van der Waals surface area contributed by atoms with Gasteiger partial charge in [-0.15, -0.1) is 0 Å². The minimum atomic E-state index is 1.31. The van der Waals surface area contributed by atoms with Gasteiger partial charge in [0.1, 0.15) is 0 Å². The summed E-state index contributed by atoms with van der Waals surface area (Å²) in [5.74, 6) is 0. The van der Waals surface area contributed by atoms with Crippen molar-refractivity contribution in [3.8, 4) is 0 Å². The SMILES string of the molecule is c1ccc2c3c(ccc2c1)=c1ccc2cc=3ccc2c1. The van der Waals surface area contributed by atoms with Crippen molar-refractivity contribution in [3.05, 3.63) is 93.7 Å². The molecule has 4 aromatic rings. The first-order valence-corrected chi connectivity index (χ1v) is 6.96. The van der Waals surface area contributed by atoms with Crippen LogP contribution < -0.4 is 0 Å². The van der Waals surface area contributed by atoms with E-state index in [1.165, 1.54) is 42.4 Å². The second-order valence-corrected chi connectivity index (χ2v) is 5.49. The number of hydrogen-bond donors (Lipinski definition) is 0. The summed E-state index contributed by atoms with van der Waals surface area (Å²) in [5.41, 5.74) is 0. The van der Waals surface area contributed by atoms with Crippen LogP contribution in [0.2, 0.25) is 0 Å². The number of hydrogen-bond acceptors (Lipinski definition) is 0. The van der Waals surface area contributed by atoms with E-state index in [1.807, 2.05) is 0 Å². The van der Waals surface area contributed by atoms with Crippen LogP contribution >= 0.6 is 0 Å². The lowest BCUT2D eigenvalue weighted by atomic mass is 9.98. The van der Waals surface area contributed by atoms with E-state index < -0.39 is 0 Å². The van der Waals surface area contributed by atoms with Gasteiger partial charge in [0.15, 0.2) is 0 Å². The standard InChI is InChI=1S/C20H12/c1-2-4-18-13(3-1)9-10-19-16-7-5-15-12-17(20(18)19)8-6-14(15)11-16/h1-12H. The molecular weight excluding hydrogens is 240 g/mol. The maximum absolute atomic E-state index is 2.31. The van der Waals surface area contributed by atoms with Crippen molar-refractivity contribution in [1.29, 1.82) is 0 Å². The summed E-state index contributed by atoms with van der Waals surface area (Å²) in [6, 6.07) is 26.7. The molecule has 0 aliphatic heterocycles. The van der Waals surface area contributed by atoms with Crippen LogP contribution in [0.1, 0.15) is 0 Å². The topological polar surface area (TPSA) is 0 Å². The first kappa shape index (κ1) is 10.2. The van der Waals surface area contributed by atoms with Gasteiger partial charge in [0.25, 0.3) is 0 Å². The van der Waals surface area contributed by atoms with Crippen molar-refractivity contribution in [1.82, 2.24) is 0 Å². The van der Waals surface area contributed by atoms with E-state index in [9.17, 15) is 0 Å². The molecule has 2 aliphatic carbocycles. The normalized spacial score (nSPS) is 12.0. The Balaban J connectivity index is 2.37. The third-order valence-electron chi connectivity index (χ3n) is 4.37. The predicted octanol–water partition coefficient (Wildman–Crippen LogP) is 4.88. The lowest BCUT2D eigenvalue weighted by Gasteiger charge is -2.06. The van der Waals surface area contributed by atoms with Crippen molar-refractivity contribution in [2.24, 2.45) is 0 Å². The molecule has 0 fully saturated rings. The molecule has 92 valence electrons. The summed E-state index contributed by atoms with van der Waals surface area (Å²) in [4.78, 5) is 0. The van der Waals surface area contributed by atoms with Crippen LogP contribution in [-0.2, 0) is 0 Å². The molecule has 4 bridgehead atoms. The van der Waals surface area contributed by atoms with Gasteiger partial charge in [0.05, 0.1) is 0 Å². The Morgan fingerprint density at radius 3 is 2.10 bits per heavy atom. The molecular formula is C20H12. The molecule has 2 aliphatic rings. The minimum absolute atomic E-state index is 1.31. The third-order valence-corrected chi connectivity index (χ3v) is 4.37. The zero-order valence-electron chi connectivity index (χ0n) is 10.9. The van der Waals surface area contributed by atoms with E-state index in [2.05, 4.69) is 72.8 Å². The number of rotatable bonds is 0. The fraction of sp³-hybridized carbons (Fsp3) is 0. The zero-order chi connectivity index (χ0) is 13.1. The van der Waals surface area contributed by atoms with Crippen LogP contribution in [0.15, 0.2) is 72.8 Å². The summed E-state index contributed by atoms with van der Waals surface area (Å²) in [7, 11) is 0. The van der Waals surface area contributed by atoms with Crippen molar-refractivity contribution in [3.63, 3.8) is 0 Å². The Hall–Kier alpha value is -2.60. The summed E-state index contributed by atoms with van der Waals surface area (Å²) in [6.45, 7) is 0. The quantitative estimate of drug-likeness (QED) is 0.368. The Bertz CT molecular complexity index is 1180. The molecule has 20 heavy (non-hydrogen) atoms. The molecule has 0 heteroatoms. The molecule has 0 saturated heterocycles. The van der Waals surface area contributed by atoms with Crippen LogP contribution in [0.5, 0.6) is 0 Å². The average molecular weight is 252 g/mol. The van der Waals surface area contributed by atoms with Gasteiger partial charge < -0.3 is 0 Å². The van der Waals surface area contributed by atoms with E-state index in [0.717, 1.165) is 0 Å². The van der Waals surface area contributed by atoms with E-state index >= 15 is 0 Å². The molecule has 0 N–H and O–H groups in total. The molecule has 0 aromatic heterocycles. The van der Waals surface area contributed by atoms with Gasteiger partial charge in [-0.2, -0.15) is 0 Å². The first-order chi connectivity index (χ1) is 9.90. The number of fused-ring (bicyclic) bond motifs is 3. The zero-order valence-corrected chi connectivity index (χ0v) is 10.9. The highest BCUT2D eigenvalue weighted by molar-refractivity contribution is 5.86. The molecule has 4 aromatic carbocycles. The van der Waals surface area contributed by atoms with Crippen molar-refractivity contribution in [2.75, 3.05) is 0 Å². The van der Waals surface area contributed by atoms with Gasteiger partial charge in [0.2, 0.25) is 0 Å². The lowest BCUT2D eigenvalue weighted by molar-refractivity contribution is 1.43. The van der Waals surface area contributed by atoms with Gasteiger partial charge in [-0.1, -0.05) is 60.7 Å². The largest absolute Gasteiger partial charge is 0.0616 e. The second-order valence-electron chi connectivity index (χ2n) is 5.49. The average Bonchev–Trinajstić information content (AvgIpc) is 2.50. The summed E-state index contributed by atoms with van der Waals surface area (Å²) in [5, 5.41) is 10.6. The molecule has 0 atom stereocenters. The van der Waals surface area contributed by atoms with E-state index in [-0.39, 0.29) is 0 Å². The highest BCUT2D eigenvalue weighted by atomic mass is 14.1. The van der Waals surface area contributed by atoms with Crippen LogP contribution in [0.4, 0.5) is 0 Å².